The van der Waals surface area contributed by atoms with Crippen molar-refractivity contribution in [3.63, 3.8) is 0 Å². The topological polar surface area (TPSA) is 73.2 Å². The molecule has 23 heavy (non-hydrogen) atoms. The van der Waals surface area contributed by atoms with Crippen molar-refractivity contribution in [3.8, 4) is 0 Å². The van der Waals surface area contributed by atoms with E-state index in [1.54, 1.807) is 6.07 Å². The number of alkyl halides is 2. The van der Waals surface area contributed by atoms with Gasteiger partial charge in [0.2, 0.25) is 0 Å². The molecule has 0 amide bonds. The molecule has 0 saturated heterocycles. The van der Waals surface area contributed by atoms with Gasteiger partial charge >= 0.3 is 0 Å². The quantitative estimate of drug-likeness (QED) is 0.924. The van der Waals surface area contributed by atoms with Crippen LogP contribution in [0.4, 0.5) is 14.5 Å². The lowest BCUT2D eigenvalue weighted by Crippen LogP contribution is -2.16. The smallest absolute Gasteiger partial charge is 0.284 e. The summed E-state index contributed by atoms with van der Waals surface area (Å²) in [5.41, 5.74) is 0.998. The second-order valence-electron chi connectivity index (χ2n) is 5.24. The number of aromatic nitrogens is 2. The van der Waals surface area contributed by atoms with Crippen molar-refractivity contribution in [3.05, 3.63) is 41.2 Å². The molecular formula is C14H15F2N3O3S. The van der Waals surface area contributed by atoms with Crippen LogP contribution in [0, 0.1) is 0 Å². The summed E-state index contributed by atoms with van der Waals surface area (Å²) in [6.07, 6.45) is -0.937. The maximum Gasteiger partial charge on any atom is 0.284 e. The fourth-order valence-corrected chi connectivity index (χ4v) is 3.57. The summed E-state index contributed by atoms with van der Waals surface area (Å²) in [6, 6.07) is 4.70. The average Bonchev–Trinajstić information content (AvgIpc) is 2.87. The van der Waals surface area contributed by atoms with Crippen LogP contribution in [-0.4, -0.2) is 24.8 Å². The maximum absolute atomic E-state index is 12.9. The van der Waals surface area contributed by atoms with E-state index in [0.717, 1.165) is 22.2 Å². The fraction of sp³-hybridized carbons (Fsp3) is 0.357. The molecule has 0 spiro atoms. The van der Waals surface area contributed by atoms with Gasteiger partial charge in [0, 0.05) is 13.2 Å². The van der Waals surface area contributed by atoms with Crippen molar-refractivity contribution < 1.29 is 21.9 Å². The number of fused-ring (bicyclic) bond motifs is 1. The molecule has 1 aromatic heterocycles. The summed E-state index contributed by atoms with van der Waals surface area (Å²) in [5, 5.41) is 3.58. The molecule has 0 atom stereocenters. The van der Waals surface area contributed by atoms with E-state index in [-0.39, 0.29) is 10.6 Å². The molecule has 124 valence electrons. The molecule has 1 aromatic carbocycles. The monoisotopic (exact) mass is 343 g/mol. The molecule has 6 nitrogen and oxygen atoms in total. The molecule has 3 rings (SSSR count). The number of nitrogens with zero attached hydrogens (tertiary/aromatic N) is 2. The summed E-state index contributed by atoms with van der Waals surface area (Å²) in [5.74, 6) is 0. The predicted octanol–water partition coefficient (Wildman–Crippen LogP) is 2.23. The molecule has 2 aromatic rings. The summed E-state index contributed by atoms with van der Waals surface area (Å²) in [7, 11) is -2.54. The highest BCUT2D eigenvalue weighted by molar-refractivity contribution is 7.92. The zero-order valence-corrected chi connectivity index (χ0v) is 13.1. The van der Waals surface area contributed by atoms with Crippen molar-refractivity contribution >= 4 is 15.7 Å². The Bertz CT molecular complexity index is 834. The molecule has 0 saturated carbocycles. The van der Waals surface area contributed by atoms with Crippen LogP contribution in [0.25, 0.3) is 0 Å². The molecule has 0 fully saturated rings. The molecule has 0 bridgehead atoms. The number of aryl methyl sites for hydroxylation is 1. The number of rotatable bonds is 4. The number of anilines is 1. The Morgan fingerprint density at radius 1 is 1.35 bits per heavy atom. The van der Waals surface area contributed by atoms with Gasteiger partial charge < -0.3 is 4.74 Å². The Kier molecular flexibility index (Phi) is 4.07. The van der Waals surface area contributed by atoms with Crippen LogP contribution in [-0.2, 0) is 34.8 Å². The van der Waals surface area contributed by atoms with Crippen LogP contribution in [0.3, 0.4) is 0 Å². The first-order valence-electron chi connectivity index (χ1n) is 6.91. The van der Waals surface area contributed by atoms with Crippen molar-refractivity contribution in [2.24, 2.45) is 7.05 Å². The maximum atomic E-state index is 12.9. The largest absolute Gasteiger partial charge is 0.376 e. The zero-order valence-electron chi connectivity index (χ0n) is 12.3. The first-order chi connectivity index (χ1) is 10.9. The van der Waals surface area contributed by atoms with Gasteiger partial charge in [0.05, 0.1) is 23.8 Å². The molecule has 1 N–H and O–H groups in total. The first-order valence-corrected chi connectivity index (χ1v) is 8.39. The Morgan fingerprint density at radius 3 is 2.87 bits per heavy atom. The van der Waals surface area contributed by atoms with E-state index in [2.05, 4.69) is 9.82 Å². The normalized spacial score (nSPS) is 14.8. The number of hydrogen-bond acceptors (Lipinski definition) is 4. The number of benzene rings is 1. The minimum absolute atomic E-state index is 0.00539. The first kappa shape index (κ1) is 15.9. The average molecular weight is 343 g/mol. The van der Waals surface area contributed by atoms with Gasteiger partial charge in [0.1, 0.15) is 0 Å². The lowest BCUT2D eigenvalue weighted by Gasteiger charge is -2.17. The Morgan fingerprint density at radius 2 is 2.13 bits per heavy atom. The van der Waals surface area contributed by atoms with E-state index in [1.807, 2.05) is 0 Å². The number of halogens is 2. The SMILES string of the molecule is Cn1cc(NS(=O)(=O)c2ccc3c(c2)COCC3)c(C(F)F)n1. The minimum atomic E-state index is -3.98. The summed E-state index contributed by atoms with van der Waals surface area (Å²) < 4.78 is 59.3. The molecule has 2 heterocycles. The molecule has 0 aliphatic carbocycles. The fourth-order valence-electron chi connectivity index (χ4n) is 2.46. The van der Waals surface area contributed by atoms with E-state index in [4.69, 9.17) is 4.74 Å². The van der Waals surface area contributed by atoms with Crippen LogP contribution >= 0.6 is 0 Å². The van der Waals surface area contributed by atoms with Gasteiger partial charge in [-0.3, -0.25) is 9.40 Å². The third-order valence-electron chi connectivity index (χ3n) is 3.57. The number of nitrogens with one attached hydrogen (secondary N) is 1. The van der Waals surface area contributed by atoms with Crippen LogP contribution in [0.1, 0.15) is 23.2 Å². The molecule has 1 aliphatic heterocycles. The summed E-state index contributed by atoms with van der Waals surface area (Å²) in [4.78, 5) is 0.00539. The summed E-state index contributed by atoms with van der Waals surface area (Å²) >= 11 is 0. The number of ether oxygens (including phenoxy) is 1. The predicted molar refractivity (Wildman–Crippen MR) is 78.8 cm³/mol. The second-order valence-corrected chi connectivity index (χ2v) is 6.92. The lowest BCUT2D eigenvalue weighted by atomic mass is 10.0. The van der Waals surface area contributed by atoms with Gasteiger partial charge in [-0.1, -0.05) is 6.07 Å². The van der Waals surface area contributed by atoms with Crippen LogP contribution in [0.5, 0.6) is 0 Å². The Balaban J connectivity index is 1.93. The van der Waals surface area contributed by atoms with Crippen molar-refractivity contribution in [1.82, 2.24) is 9.78 Å². The van der Waals surface area contributed by atoms with Gasteiger partial charge in [0.15, 0.2) is 5.69 Å². The van der Waals surface area contributed by atoms with Gasteiger partial charge in [-0.2, -0.15) is 5.10 Å². The van der Waals surface area contributed by atoms with Crippen molar-refractivity contribution in [1.29, 1.82) is 0 Å². The second kappa shape index (κ2) is 5.89. The molecular weight excluding hydrogens is 328 g/mol. The minimum Gasteiger partial charge on any atom is -0.376 e. The highest BCUT2D eigenvalue weighted by atomic mass is 32.2. The third-order valence-corrected chi connectivity index (χ3v) is 4.93. The van der Waals surface area contributed by atoms with E-state index in [9.17, 15) is 17.2 Å². The standard InChI is InChI=1S/C14H15F2N3O3S/c1-19-7-12(13(17-19)14(15)16)18-23(20,21)11-3-2-9-4-5-22-8-10(9)6-11/h2-3,6-7,14,18H,4-5,8H2,1H3. The highest BCUT2D eigenvalue weighted by Gasteiger charge is 2.23. The van der Waals surface area contributed by atoms with Gasteiger partial charge in [-0.15, -0.1) is 0 Å². The van der Waals surface area contributed by atoms with Crippen LogP contribution in [0.2, 0.25) is 0 Å². The van der Waals surface area contributed by atoms with Gasteiger partial charge in [0.25, 0.3) is 16.4 Å². The van der Waals surface area contributed by atoms with Crippen molar-refractivity contribution in [2.75, 3.05) is 11.3 Å². The van der Waals surface area contributed by atoms with Crippen LogP contribution in [0.15, 0.2) is 29.3 Å². The number of hydrogen-bond donors (Lipinski definition) is 1. The third kappa shape index (κ3) is 3.20. The highest BCUT2D eigenvalue weighted by Crippen LogP contribution is 2.28. The van der Waals surface area contributed by atoms with Gasteiger partial charge in [-0.05, 0) is 29.7 Å². The van der Waals surface area contributed by atoms with Crippen molar-refractivity contribution in [2.45, 2.75) is 24.3 Å². The van der Waals surface area contributed by atoms with E-state index in [1.165, 1.54) is 25.4 Å². The molecule has 0 unspecified atom stereocenters. The lowest BCUT2D eigenvalue weighted by molar-refractivity contribution is 0.110. The molecule has 9 heteroatoms. The van der Waals surface area contributed by atoms with Gasteiger partial charge in [-0.25, -0.2) is 17.2 Å². The van der Waals surface area contributed by atoms with Crippen LogP contribution < -0.4 is 4.72 Å². The molecule has 0 radical (unpaired) electrons. The van der Waals surface area contributed by atoms with E-state index < -0.39 is 22.1 Å². The Hall–Kier alpha value is -2.00. The van der Waals surface area contributed by atoms with E-state index >= 15 is 0 Å². The Labute approximate surface area is 132 Å². The van der Waals surface area contributed by atoms with E-state index in [0.29, 0.717) is 13.2 Å². The number of sulfonamides is 1. The molecule has 1 aliphatic rings. The summed E-state index contributed by atoms with van der Waals surface area (Å²) in [6.45, 7) is 0.943. The zero-order chi connectivity index (χ0) is 16.6.